The van der Waals surface area contributed by atoms with Gasteiger partial charge in [0.2, 0.25) is 0 Å². The van der Waals surface area contributed by atoms with Crippen LogP contribution in [0.2, 0.25) is 0 Å². The zero-order valence-corrected chi connectivity index (χ0v) is 10.2. The summed E-state index contributed by atoms with van der Waals surface area (Å²) in [6, 6.07) is 2.85. The lowest BCUT2D eigenvalue weighted by molar-refractivity contribution is 0.0948. The number of rotatable bonds is 6. The summed E-state index contributed by atoms with van der Waals surface area (Å²) in [5.74, 6) is -1.94. The first-order valence-electron chi connectivity index (χ1n) is 5.88. The van der Waals surface area contributed by atoms with Gasteiger partial charge in [0.05, 0.1) is 5.56 Å². The van der Waals surface area contributed by atoms with E-state index in [0.29, 0.717) is 19.0 Å². The maximum absolute atomic E-state index is 13.3. The quantitative estimate of drug-likeness (QED) is 0.767. The zero-order chi connectivity index (χ0) is 13.5. The lowest BCUT2D eigenvalue weighted by Crippen LogP contribution is -2.25. The maximum Gasteiger partial charge on any atom is 0.254 e. The van der Waals surface area contributed by atoms with Crippen LogP contribution < -0.4 is 5.32 Å². The molecule has 18 heavy (non-hydrogen) atoms. The van der Waals surface area contributed by atoms with Gasteiger partial charge in [-0.05, 0) is 30.9 Å². The van der Waals surface area contributed by atoms with Gasteiger partial charge < -0.3 is 10.4 Å². The number of aliphatic hydroxyl groups excluding tert-OH is 1. The molecule has 100 valence electrons. The summed E-state index contributed by atoms with van der Waals surface area (Å²) < 4.78 is 25.9. The lowest BCUT2D eigenvalue weighted by Gasteiger charge is -2.09. The van der Waals surface area contributed by atoms with Crippen LogP contribution in [-0.4, -0.2) is 24.2 Å². The normalized spacial score (nSPS) is 12.2. The number of carbonyl (C=O) groups excluding carboxylic acids is 1. The Bertz CT molecular complexity index is 410. The third-order valence-electron chi connectivity index (χ3n) is 2.65. The molecule has 1 atom stereocenters. The molecule has 1 unspecified atom stereocenters. The average Bonchev–Trinajstić information content (AvgIpc) is 2.34. The third kappa shape index (κ3) is 4.41. The standard InChI is InChI=1S/C13H17F2NO2/c1-9(8-17)3-2-6-16-13(18)11-5-4-10(14)7-12(11)15/h4-5,7,9,17H,2-3,6,8H2,1H3,(H,16,18). The van der Waals surface area contributed by atoms with Crippen molar-refractivity contribution in [2.45, 2.75) is 19.8 Å². The molecule has 5 heteroatoms. The van der Waals surface area contributed by atoms with Crippen molar-refractivity contribution in [1.29, 1.82) is 0 Å². The van der Waals surface area contributed by atoms with Crippen LogP contribution in [0.3, 0.4) is 0 Å². The second kappa shape index (κ2) is 7.06. The van der Waals surface area contributed by atoms with Crippen molar-refractivity contribution in [2.75, 3.05) is 13.2 Å². The molecule has 0 saturated heterocycles. The minimum atomic E-state index is -0.865. The fraction of sp³-hybridized carbons (Fsp3) is 0.462. The van der Waals surface area contributed by atoms with Crippen LogP contribution in [0, 0.1) is 17.6 Å². The Balaban J connectivity index is 2.41. The minimum Gasteiger partial charge on any atom is -0.396 e. The van der Waals surface area contributed by atoms with Crippen molar-refractivity contribution in [1.82, 2.24) is 5.32 Å². The molecule has 1 amide bonds. The predicted octanol–water partition coefficient (Wildman–Crippen LogP) is 2.10. The molecule has 3 nitrogen and oxygen atoms in total. The Kier molecular flexibility index (Phi) is 5.71. The summed E-state index contributed by atoms with van der Waals surface area (Å²) in [4.78, 5) is 11.6. The lowest BCUT2D eigenvalue weighted by atomic mass is 10.1. The minimum absolute atomic E-state index is 0.112. The average molecular weight is 257 g/mol. The Morgan fingerprint density at radius 3 is 2.78 bits per heavy atom. The molecule has 0 aliphatic carbocycles. The van der Waals surface area contributed by atoms with Gasteiger partial charge in [-0.3, -0.25) is 4.79 Å². The highest BCUT2D eigenvalue weighted by Gasteiger charge is 2.11. The number of carbonyl (C=O) groups is 1. The number of hydrogen-bond acceptors (Lipinski definition) is 2. The van der Waals surface area contributed by atoms with E-state index in [1.807, 2.05) is 6.92 Å². The van der Waals surface area contributed by atoms with Crippen LogP contribution in [0.4, 0.5) is 8.78 Å². The molecule has 2 N–H and O–H groups in total. The summed E-state index contributed by atoms with van der Waals surface area (Å²) in [6.07, 6.45) is 1.49. The molecule has 0 aliphatic rings. The van der Waals surface area contributed by atoms with Crippen LogP contribution in [0.25, 0.3) is 0 Å². The molecule has 0 aromatic heterocycles. The second-order valence-corrected chi connectivity index (χ2v) is 4.31. The second-order valence-electron chi connectivity index (χ2n) is 4.31. The molecule has 0 bridgehead atoms. The third-order valence-corrected chi connectivity index (χ3v) is 2.65. The number of amides is 1. The highest BCUT2D eigenvalue weighted by Crippen LogP contribution is 2.09. The number of hydrogen-bond donors (Lipinski definition) is 2. The smallest absolute Gasteiger partial charge is 0.254 e. The molecule has 1 aromatic rings. The largest absolute Gasteiger partial charge is 0.396 e. The first kappa shape index (κ1) is 14.6. The maximum atomic E-state index is 13.3. The van der Waals surface area contributed by atoms with E-state index in [2.05, 4.69) is 5.32 Å². The number of benzene rings is 1. The molecule has 0 aliphatic heterocycles. The van der Waals surface area contributed by atoms with Crippen molar-refractivity contribution in [3.8, 4) is 0 Å². The van der Waals surface area contributed by atoms with Crippen molar-refractivity contribution >= 4 is 5.91 Å². The molecule has 0 spiro atoms. The summed E-state index contributed by atoms with van der Waals surface area (Å²) >= 11 is 0. The number of aliphatic hydroxyl groups is 1. The van der Waals surface area contributed by atoms with Crippen molar-refractivity contribution in [3.63, 3.8) is 0 Å². The van der Waals surface area contributed by atoms with E-state index in [4.69, 9.17) is 5.11 Å². The van der Waals surface area contributed by atoms with Gasteiger partial charge in [0, 0.05) is 19.2 Å². The molecular weight excluding hydrogens is 240 g/mol. The van der Waals surface area contributed by atoms with Gasteiger partial charge in [-0.2, -0.15) is 0 Å². The van der Waals surface area contributed by atoms with E-state index < -0.39 is 17.5 Å². The van der Waals surface area contributed by atoms with Gasteiger partial charge in [-0.15, -0.1) is 0 Å². The topological polar surface area (TPSA) is 49.3 Å². The molecule has 1 aromatic carbocycles. The van der Waals surface area contributed by atoms with E-state index in [1.165, 1.54) is 0 Å². The van der Waals surface area contributed by atoms with Crippen molar-refractivity contribution in [2.24, 2.45) is 5.92 Å². The Hall–Kier alpha value is -1.49. The molecule has 0 heterocycles. The van der Waals surface area contributed by atoms with Gasteiger partial charge >= 0.3 is 0 Å². The van der Waals surface area contributed by atoms with Crippen molar-refractivity contribution in [3.05, 3.63) is 35.4 Å². The fourth-order valence-electron chi connectivity index (χ4n) is 1.51. The summed E-state index contributed by atoms with van der Waals surface area (Å²) in [5.41, 5.74) is -0.161. The number of nitrogens with one attached hydrogen (secondary N) is 1. The Labute approximate surface area is 105 Å². The number of halogens is 2. The molecule has 0 fully saturated rings. The van der Waals surface area contributed by atoms with Crippen LogP contribution in [0.15, 0.2) is 18.2 Å². The van der Waals surface area contributed by atoms with Crippen molar-refractivity contribution < 1.29 is 18.7 Å². The van der Waals surface area contributed by atoms with Gasteiger partial charge in [0.1, 0.15) is 11.6 Å². The Morgan fingerprint density at radius 2 is 2.17 bits per heavy atom. The van der Waals surface area contributed by atoms with Crippen LogP contribution in [-0.2, 0) is 0 Å². The zero-order valence-electron chi connectivity index (χ0n) is 10.2. The first-order chi connectivity index (χ1) is 8.54. The first-order valence-corrected chi connectivity index (χ1v) is 5.88. The summed E-state index contributed by atoms with van der Waals surface area (Å²) in [5, 5.41) is 11.4. The highest BCUT2D eigenvalue weighted by molar-refractivity contribution is 5.94. The van der Waals surface area contributed by atoms with Gasteiger partial charge in [0.15, 0.2) is 0 Å². The summed E-state index contributed by atoms with van der Waals surface area (Å²) in [7, 11) is 0. The van der Waals surface area contributed by atoms with Gasteiger partial charge in [0.25, 0.3) is 5.91 Å². The van der Waals surface area contributed by atoms with E-state index in [1.54, 1.807) is 0 Å². The summed E-state index contributed by atoms with van der Waals surface area (Å²) in [6.45, 7) is 2.42. The van der Waals surface area contributed by atoms with Crippen LogP contribution >= 0.6 is 0 Å². The molecule has 0 saturated carbocycles. The van der Waals surface area contributed by atoms with Gasteiger partial charge in [-0.1, -0.05) is 6.92 Å². The van der Waals surface area contributed by atoms with Gasteiger partial charge in [-0.25, -0.2) is 8.78 Å². The molecule has 1 rings (SSSR count). The van der Waals surface area contributed by atoms with E-state index in [9.17, 15) is 13.6 Å². The monoisotopic (exact) mass is 257 g/mol. The highest BCUT2D eigenvalue weighted by atomic mass is 19.1. The van der Waals surface area contributed by atoms with Crippen LogP contribution in [0.5, 0.6) is 0 Å². The molecule has 0 radical (unpaired) electrons. The van der Waals surface area contributed by atoms with Crippen LogP contribution in [0.1, 0.15) is 30.1 Å². The van der Waals surface area contributed by atoms with E-state index in [0.717, 1.165) is 18.6 Å². The SMILES string of the molecule is CC(CO)CCCNC(=O)c1ccc(F)cc1F. The predicted molar refractivity (Wildman–Crippen MR) is 64.2 cm³/mol. The fourth-order valence-corrected chi connectivity index (χ4v) is 1.51. The van der Waals surface area contributed by atoms with E-state index in [-0.39, 0.29) is 18.1 Å². The Morgan fingerprint density at radius 1 is 1.44 bits per heavy atom. The molecular formula is C13H17F2NO2. The van der Waals surface area contributed by atoms with E-state index >= 15 is 0 Å².